The molecular formula is C14H11ClN2O4. The molecule has 0 aliphatic carbocycles. The summed E-state index contributed by atoms with van der Waals surface area (Å²) in [5.41, 5.74) is 0.514. The van der Waals surface area contributed by atoms with Gasteiger partial charge in [0.15, 0.2) is 6.61 Å². The summed E-state index contributed by atoms with van der Waals surface area (Å²) in [6, 6.07) is 9.40. The number of pyridine rings is 1. The van der Waals surface area contributed by atoms with E-state index in [1.807, 2.05) is 0 Å². The van der Waals surface area contributed by atoms with Crippen LogP contribution in [-0.4, -0.2) is 28.6 Å². The van der Waals surface area contributed by atoms with E-state index >= 15 is 0 Å². The highest BCUT2D eigenvalue weighted by Crippen LogP contribution is 2.13. The molecule has 0 aliphatic rings. The van der Waals surface area contributed by atoms with Crippen molar-refractivity contribution in [2.45, 2.75) is 0 Å². The predicted molar refractivity (Wildman–Crippen MR) is 76.8 cm³/mol. The molecule has 108 valence electrons. The summed E-state index contributed by atoms with van der Waals surface area (Å²) in [7, 11) is 0. The molecule has 1 aromatic heterocycles. The van der Waals surface area contributed by atoms with Crippen molar-refractivity contribution >= 4 is 29.2 Å². The lowest BCUT2D eigenvalue weighted by atomic mass is 10.3. The Balaban J connectivity index is 1.86. The molecule has 2 rings (SSSR count). The molecule has 0 fully saturated rings. The van der Waals surface area contributed by atoms with Crippen LogP contribution in [0.5, 0.6) is 5.75 Å². The molecular weight excluding hydrogens is 296 g/mol. The summed E-state index contributed by atoms with van der Waals surface area (Å²) in [4.78, 5) is 26.0. The summed E-state index contributed by atoms with van der Waals surface area (Å²) in [5.74, 6) is -1.16. The van der Waals surface area contributed by atoms with Crippen molar-refractivity contribution in [3.63, 3.8) is 0 Å². The van der Waals surface area contributed by atoms with Gasteiger partial charge in [0, 0.05) is 10.7 Å². The Morgan fingerprint density at radius 2 is 1.90 bits per heavy atom. The molecule has 1 amide bonds. The predicted octanol–water partition coefficient (Wildman–Crippen LogP) is 2.45. The molecule has 0 saturated carbocycles. The number of amides is 1. The Morgan fingerprint density at radius 3 is 2.48 bits per heavy atom. The van der Waals surface area contributed by atoms with Gasteiger partial charge >= 0.3 is 5.97 Å². The number of ether oxygens (including phenoxy) is 1. The molecule has 1 heterocycles. The van der Waals surface area contributed by atoms with Crippen molar-refractivity contribution in [2.24, 2.45) is 0 Å². The number of benzene rings is 1. The second kappa shape index (κ2) is 6.71. The number of anilines is 1. The minimum absolute atomic E-state index is 0.0898. The Labute approximate surface area is 125 Å². The van der Waals surface area contributed by atoms with E-state index in [9.17, 15) is 9.59 Å². The van der Waals surface area contributed by atoms with Crippen molar-refractivity contribution in [2.75, 3.05) is 11.9 Å². The highest BCUT2D eigenvalue weighted by atomic mass is 35.5. The molecule has 0 unspecified atom stereocenters. The van der Waals surface area contributed by atoms with Crippen LogP contribution in [-0.2, 0) is 4.79 Å². The van der Waals surface area contributed by atoms with Gasteiger partial charge in [0.1, 0.15) is 11.4 Å². The van der Waals surface area contributed by atoms with Gasteiger partial charge in [-0.25, -0.2) is 9.78 Å². The highest BCUT2D eigenvalue weighted by Gasteiger charge is 2.06. The number of rotatable bonds is 5. The van der Waals surface area contributed by atoms with Gasteiger partial charge in [0.25, 0.3) is 5.91 Å². The van der Waals surface area contributed by atoms with Crippen LogP contribution in [0.2, 0.25) is 5.02 Å². The third-order valence-electron chi connectivity index (χ3n) is 2.45. The van der Waals surface area contributed by atoms with Gasteiger partial charge < -0.3 is 15.2 Å². The number of nitrogens with one attached hydrogen (secondary N) is 1. The Kier molecular flexibility index (Phi) is 4.73. The summed E-state index contributed by atoms with van der Waals surface area (Å²) in [6.07, 6.45) is 1.25. The van der Waals surface area contributed by atoms with Gasteiger partial charge in [-0.1, -0.05) is 11.6 Å². The largest absolute Gasteiger partial charge is 0.482 e. The molecule has 1 aromatic carbocycles. The zero-order valence-corrected chi connectivity index (χ0v) is 11.5. The molecule has 0 atom stereocenters. The number of halogens is 1. The fourth-order valence-electron chi connectivity index (χ4n) is 1.47. The van der Waals surface area contributed by atoms with Gasteiger partial charge in [-0.15, -0.1) is 0 Å². The first-order chi connectivity index (χ1) is 10.0. The van der Waals surface area contributed by atoms with Gasteiger partial charge in [-0.05, 0) is 36.4 Å². The minimum Gasteiger partial charge on any atom is -0.482 e. The molecule has 2 N–H and O–H groups in total. The van der Waals surface area contributed by atoms with Crippen molar-refractivity contribution in [3.8, 4) is 5.75 Å². The number of carboxylic acid groups (broad SMARTS) is 1. The fraction of sp³-hybridized carbons (Fsp3) is 0.0714. The molecule has 6 nitrogen and oxygen atoms in total. The molecule has 0 bridgehead atoms. The van der Waals surface area contributed by atoms with E-state index in [4.69, 9.17) is 21.4 Å². The zero-order valence-electron chi connectivity index (χ0n) is 10.7. The monoisotopic (exact) mass is 306 g/mol. The molecule has 7 heteroatoms. The Morgan fingerprint density at radius 1 is 1.19 bits per heavy atom. The standard InChI is InChI=1S/C14H11ClN2O4/c15-9-1-3-10(4-2-9)17-13(18)8-21-11-5-6-12(14(19)20)16-7-11/h1-7H,8H2,(H,17,18)(H,19,20). The smallest absolute Gasteiger partial charge is 0.354 e. The van der Waals surface area contributed by atoms with Crippen LogP contribution in [0.15, 0.2) is 42.6 Å². The van der Waals surface area contributed by atoms with Crippen LogP contribution < -0.4 is 10.1 Å². The van der Waals surface area contributed by atoms with Crippen molar-refractivity contribution < 1.29 is 19.4 Å². The van der Waals surface area contributed by atoms with Crippen molar-refractivity contribution in [3.05, 3.63) is 53.3 Å². The lowest BCUT2D eigenvalue weighted by molar-refractivity contribution is -0.118. The van der Waals surface area contributed by atoms with E-state index in [0.29, 0.717) is 16.5 Å². The van der Waals surface area contributed by atoms with Crippen LogP contribution in [0.25, 0.3) is 0 Å². The molecule has 0 spiro atoms. The van der Waals surface area contributed by atoms with E-state index in [1.165, 1.54) is 18.3 Å². The number of carbonyl (C=O) groups excluding carboxylic acids is 1. The van der Waals surface area contributed by atoms with Crippen LogP contribution in [0.1, 0.15) is 10.5 Å². The lowest BCUT2D eigenvalue weighted by Gasteiger charge is -2.07. The maximum Gasteiger partial charge on any atom is 0.354 e. The van der Waals surface area contributed by atoms with E-state index in [1.54, 1.807) is 24.3 Å². The van der Waals surface area contributed by atoms with E-state index in [-0.39, 0.29) is 18.2 Å². The average molecular weight is 307 g/mol. The second-order valence-corrected chi connectivity index (χ2v) is 4.46. The maximum atomic E-state index is 11.7. The number of nitrogens with zero attached hydrogens (tertiary/aromatic N) is 1. The topological polar surface area (TPSA) is 88.5 Å². The van der Waals surface area contributed by atoms with E-state index in [2.05, 4.69) is 10.3 Å². The first-order valence-electron chi connectivity index (χ1n) is 5.92. The number of aromatic carboxylic acids is 1. The normalized spacial score (nSPS) is 9.95. The second-order valence-electron chi connectivity index (χ2n) is 4.03. The number of carbonyl (C=O) groups is 2. The molecule has 0 aliphatic heterocycles. The van der Waals surface area contributed by atoms with Gasteiger partial charge in [0.05, 0.1) is 6.20 Å². The SMILES string of the molecule is O=C(COc1ccc(C(=O)O)nc1)Nc1ccc(Cl)cc1. The Hall–Kier alpha value is -2.60. The average Bonchev–Trinajstić information content (AvgIpc) is 2.48. The van der Waals surface area contributed by atoms with E-state index in [0.717, 1.165) is 0 Å². The number of hydrogen-bond donors (Lipinski definition) is 2. The number of aromatic nitrogens is 1. The van der Waals surface area contributed by atoms with Crippen LogP contribution in [0.4, 0.5) is 5.69 Å². The third kappa shape index (κ3) is 4.47. The summed E-state index contributed by atoms with van der Waals surface area (Å²) < 4.78 is 5.20. The quantitative estimate of drug-likeness (QED) is 0.885. The van der Waals surface area contributed by atoms with Crippen molar-refractivity contribution in [1.29, 1.82) is 0 Å². The summed E-state index contributed by atoms with van der Waals surface area (Å²) in [5, 5.41) is 11.9. The zero-order chi connectivity index (χ0) is 15.2. The molecule has 21 heavy (non-hydrogen) atoms. The molecule has 0 saturated heterocycles. The molecule has 0 radical (unpaired) electrons. The van der Waals surface area contributed by atoms with Crippen molar-refractivity contribution in [1.82, 2.24) is 4.98 Å². The first kappa shape index (κ1) is 14.8. The third-order valence-corrected chi connectivity index (χ3v) is 2.71. The van der Waals surface area contributed by atoms with E-state index < -0.39 is 5.97 Å². The lowest BCUT2D eigenvalue weighted by Crippen LogP contribution is -2.20. The highest BCUT2D eigenvalue weighted by molar-refractivity contribution is 6.30. The summed E-state index contributed by atoms with van der Waals surface area (Å²) in [6.45, 7) is -0.212. The van der Waals surface area contributed by atoms with Gasteiger partial charge in [-0.3, -0.25) is 4.79 Å². The number of hydrogen-bond acceptors (Lipinski definition) is 4. The van der Waals surface area contributed by atoms with Gasteiger partial charge in [0.2, 0.25) is 0 Å². The summed E-state index contributed by atoms with van der Waals surface area (Å²) >= 11 is 5.74. The Bertz CT molecular complexity index is 641. The minimum atomic E-state index is -1.12. The van der Waals surface area contributed by atoms with Gasteiger partial charge in [-0.2, -0.15) is 0 Å². The van der Waals surface area contributed by atoms with Crippen LogP contribution >= 0.6 is 11.6 Å². The fourth-order valence-corrected chi connectivity index (χ4v) is 1.60. The number of carboxylic acids is 1. The van der Waals surface area contributed by atoms with Crippen LogP contribution in [0, 0.1) is 0 Å². The first-order valence-corrected chi connectivity index (χ1v) is 6.30. The molecule has 2 aromatic rings. The maximum absolute atomic E-state index is 11.7. The van der Waals surface area contributed by atoms with Crippen LogP contribution in [0.3, 0.4) is 0 Å².